The molecule has 1 aromatic heterocycles. The predicted octanol–water partition coefficient (Wildman–Crippen LogP) is 4.76. The van der Waals surface area contributed by atoms with Gasteiger partial charge >= 0.3 is 0 Å². The summed E-state index contributed by atoms with van der Waals surface area (Å²) in [5, 5.41) is 9.29. The third-order valence-electron chi connectivity index (χ3n) is 3.73. The van der Waals surface area contributed by atoms with Crippen LogP contribution in [0, 0.1) is 11.6 Å². The Kier molecular flexibility index (Phi) is 8.39. The van der Waals surface area contributed by atoms with Crippen LogP contribution in [0.25, 0.3) is 0 Å². The number of nitrogens with one attached hydrogen (secondary N) is 2. The fourth-order valence-electron chi connectivity index (χ4n) is 2.23. The highest BCUT2D eigenvalue weighted by atomic mass is 127. The lowest BCUT2D eigenvalue weighted by Crippen LogP contribution is -2.38. The molecule has 26 heavy (non-hydrogen) atoms. The molecule has 2 rings (SSSR count). The maximum Gasteiger partial charge on any atom is 0.191 e. The highest BCUT2D eigenvalue weighted by Gasteiger charge is 2.18. The Morgan fingerprint density at radius 3 is 2.54 bits per heavy atom. The smallest absolute Gasteiger partial charge is 0.191 e. The zero-order valence-electron chi connectivity index (χ0n) is 15.6. The second-order valence-corrected chi connectivity index (χ2v) is 7.78. The molecule has 144 valence electrons. The Morgan fingerprint density at radius 1 is 1.31 bits per heavy atom. The molecule has 4 nitrogen and oxygen atoms in total. The number of thiazole rings is 1. The second-order valence-electron chi connectivity index (χ2n) is 6.83. The molecule has 1 atom stereocenters. The first-order chi connectivity index (χ1) is 11.7. The Hall–Kier alpha value is -1.29. The Morgan fingerprint density at radius 2 is 2.00 bits per heavy atom. The van der Waals surface area contributed by atoms with E-state index in [1.165, 1.54) is 12.1 Å². The summed E-state index contributed by atoms with van der Waals surface area (Å²) in [4.78, 5) is 8.77. The van der Waals surface area contributed by atoms with Crippen LogP contribution in [0.4, 0.5) is 8.78 Å². The lowest BCUT2D eigenvalue weighted by atomic mass is 9.93. The van der Waals surface area contributed by atoms with Gasteiger partial charge in [-0.25, -0.2) is 13.8 Å². The molecule has 0 aliphatic heterocycles. The monoisotopic (exact) mass is 494 g/mol. The topological polar surface area (TPSA) is 49.3 Å². The van der Waals surface area contributed by atoms with E-state index in [4.69, 9.17) is 0 Å². The van der Waals surface area contributed by atoms with Crippen molar-refractivity contribution in [1.29, 1.82) is 0 Å². The van der Waals surface area contributed by atoms with E-state index in [2.05, 4.69) is 46.8 Å². The molecule has 0 amide bonds. The Balaban J connectivity index is 0.00000338. The van der Waals surface area contributed by atoms with Crippen LogP contribution in [-0.4, -0.2) is 18.0 Å². The minimum atomic E-state index is -0.589. The minimum absolute atomic E-state index is 0. The number of hydrogen-bond donors (Lipinski definition) is 2. The number of benzene rings is 1. The lowest BCUT2D eigenvalue weighted by Gasteiger charge is -2.18. The first kappa shape index (κ1) is 22.8. The summed E-state index contributed by atoms with van der Waals surface area (Å²) in [7, 11) is 1.64. The van der Waals surface area contributed by atoms with Crippen LogP contribution in [-0.2, 0) is 12.0 Å². The number of aliphatic imine (C=N–C) groups is 1. The number of halogens is 3. The highest BCUT2D eigenvalue weighted by molar-refractivity contribution is 14.0. The van der Waals surface area contributed by atoms with E-state index in [0.29, 0.717) is 18.1 Å². The molecule has 0 saturated heterocycles. The fraction of sp³-hybridized carbons (Fsp3) is 0.444. The quantitative estimate of drug-likeness (QED) is 0.366. The van der Waals surface area contributed by atoms with Gasteiger partial charge in [-0.1, -0.05) is 26.8 Å². The Labute approximate surface area is 174 Å². The molecule has 1 heterocycles. The van der Waals surface area contributed by atoms with Gasteiger partial charge in [-0.2, -0.15) is 0 Å². The van der Waals surface area contributed by atoms with Crippen molar-refractivity contribution in [2.75, 3.05) is 7.05 Å². The van der Waals surface area contributed by atoms with Gasteiger partial charge < -0.3 is 10.6 Å². The van der Waals surface area contributed by atoms with Crippen LogP contribution in [0.2, 0.25) is 0 Å². The summed E-state index contributed by atoms with van der Waals surface area (Å²) in [5.74, 6) is -0.636. The molecule has 0 saturated carbocycles. The molecule has 1 aromatic carbocycles. The summed E-state index contributed by atoms with van der Waals surface area (Å²) >= 11 is 1.59. The van der Waals surface area contributed by atoms with E-state index < -0.39 is 11.6 Å². The third kappa shape index (κ3) is 6.15. The average molecular weight is 494 g/mol. The van der Waals surface area contributed by atoms with Crippen molar-refractivity contribution in [3.05, 3.63) is 51.5 Å². The first-order valence-electron chi connectivity index (χ1n) is 8.07. The van der Waals surface area contributed by atoms with Crippen LogP contribution in [0.3, 0.4) is 0 Å². The van der Waals surface area contributed by atoms with Gasteiger partial charge in [0.1, 0.15) is 16.6 Å². The van der Waals surface area contributed by atoms with Gasteiger partial charge in [0, 0.05) is 29.5 Å². The van der Waals surface area contributed by atoms with Crippen LogP contribution in [0.5, 0.6) is 0 Å². The van der Waals surface area contributed by atoms with Crippen LogP contribution in [0.15, 0.2) is 28.6 Å². The molecule has 2 aromatic rings. The van der Waals surface area contributed by atoms with E-state index in [1.54, 1.807) is 25.3 Å². The number of rotatable bonds is 4. The zero-order chi connectivity index (χ0) is 18.6. The van der Waals surface area contributed by atoms with Crippen molar-refractivity contribution in [2.45, 2.75) is 45.7 Å². The molecular weight excluding hydrogens is 469 g/mol. The van der Waals surface area contributed by atoms with Crippen molar-refractivity contribution in [1.82, 2.24) is 15.6 Å². The highest BCUT2D eigenvalue weighted by Crippen LogP contribution is 2.23. The van der Waals surface area contributed by atoms with Crippen LogP contribution in [0.1, 0.15) is 50.0 Å². The van der Waals surface area contributed by atoms with Gasteiger partial charge in [0.05, 0.1) is 18.3 Å². The van der Waals surface area contributed by atoms with Gasteiger partial charge in [-0.3, -0.25) is 4.99 Å². The van der Waals surface area contributed by atoms with Gasteiger partial charge in [0.15, 0.2) is 5.96 Å². The van der Waals surface area contributed by atoms with E-state index in [0.717, 1.165) is 16.8 Å². The molecule has 0 radical (unpaired) electrons. The normalized spacial score (nSPS) is 13.1. The summed E-state index contributed by atoms with van der Waals surface area (Å²) in [6.07, 6.45) is 0. The number of nitrogens with zero attached hydrogens (tertiary/aromatic N) is 2. The first-order valence-corrected chi connectivity index (χ1v) is 8.95. The van der Waals surface area contributed by atoms with E-state index in [9.17, 15) is 8.78 Å². The summed E-state index contributed by atoms with van der Waals surface area (Å²) in [6.45, 7) is 8.69. The van der Waals surface area contributed by atoms with Gasteiger partial charge in [0.25, 0.3) is 0 Å². The molecule has 0 bridgehead atoms. The maximum atomic E-state index is 13.9. The second kappa shape index (κ2) is 9.59. The molecule has 0 aliphatic rings. The number of hydrogen-bond acceptors (Lipinski definition) is 3. The summed E-state index contributed by atoms with van der Waals surface area (Å²) in [6, 6.07) is 3.21. The average Bonchev–Trinajstić information content (AvgIpc) is 3.00. The van der Waals surface area contributed by atoms with Gasteiger partial charge in [-0.05, 0) is 13.0 Å². The van der Waals surface area contributed by atoms with E-state index in [1.807, 2.05) is 0 Å². The van der Waals surface area contributed by atoms with Gasteiger partial charge in [0.2, 0.25) is 0 Å². The largest absolute Gasteiger partial charge is 0.350 e. The summed E-state index contributed by atoms with van der Waals surface area (Å²) in [5.41, 5.74) is 1.45. The van der Waals surface area contributed by atoms with Crippen LogP contribution >= 0.6 is 35.3 Å². The minimum Gasteiger partial charge on any atom is -0.350 e. The molecule has 0 aliphatic carbocycles. The van der Waals surface area contributed by atoms with Crippen molar-refractivity contribution in [2.24, 2.45) is 4.99 Å². The lowest BCUT2D eigenvalue weighted by molar-refractivity contribution is 0.550. The molecule has 1 unspecified atom stereocenters. The summed E-state index contributed by atoms with van der Waals surface area (Å²) < 4.78 is 26.9. The standard InChI is InChI=1S/C18H24F2N4S.HI/c1-11(13-7-6-12(19)8-14(13)20)23-17(21-5)22-9-16-24-15(10-25-16)18(2,3)4;/h6-8,10-11H,9H2,1-5H3,(H2,21,22,23);1H. The number of guanidine groups is 1. The number of aromatic nitrogens is 1. The van der Waals surface area contributed by atoms with Crippen molar-refractivity contribution in [3.8, 4) is 0 Å². The molecular formula is C18H25F2IN4S. The maximum absolute atomic E-state index is 13.9. The van der Waals surface area contributed by atoms with Gasteiger partial charge in [-0.15, -0.1) is 35.3 Å². The van der Waals surface area contributed by atoms with E-state index >= 15 is 0 Å². The predicted molar refractivity (Wildman–Crippen MR) is 114 cm³/mol. The molecule has 0 fully saturated rings. The zero-order valence-corrected chi connectivity index (χ0v) is 18.7. The SMILES string of the molecule is CN=C(NCc1nc(C(C)(C)C)cs1)NC(C)c1ccc(F)cc1F.I. The Bertz CT molecular complexity index is 756. The van der Waals surface area contributed by atoms with Crippen molar-refractivity contribution in [3.63, 3.8) is 0 Å². The fourth-order valence-corrected chi connectivity index (χ4v) is 3.19. The van der Waals surface area contributed by atoms with Crippen molar-refractivity contribution < 1.29 is 8.78 Å². The third-order valence-corrected chi connectivity index (χ3v) is 4.58. The molecule has 8 heteroatoms. The molecule has 0 spiro atoms. The van der Waals surface area contributed by atoms with E-state index in [-0.39, 0.29) is 35.4 Å². The molecule has 2 N–H and O–H groups in total. The van der Waals surface area contributed by atoms with Crippen molar-refractivity contribution >= 4 is 41.3 Å². The van der Waals surface area contributed by atoms with Crippen LogP contribution < -0.4 is 10.6 Å².